The summed E-state index contributed by atoms with van der Waals surface area (Å²) in [6.07, 6.45) is 4.21. The highest BCUT2D eigenvalue weighted by molar-refractivity contribution is 5.34. The van der Waals surface area contributed by atoms with Crippen LogP contribution in [0.5, 0.6) is 0 Å². The van der Waals surface area contributed by atoms with Crippen molar-refractivity contribution in [1.29, 1.82) is 0 Å². The molecular formula is C15H20F3N3. The fourth-order valence-electron chi connectivity index (χ4n) is 2.63. The molecule has 0 saturated carbocycles. The average molecular weight is 299 g/mol. The van der Waals surface area contributed by atoms with E-state index in [1.54, 1.807) is 12.4 Å². The minimum absolute atomic E-state index is 0.0681. The van der Waals surface area contributed by atoms with Crippen molar-refractivity contribution in [2.75, 3.05) is 0 Å². The highest BCUT2D eigenvalue weighted by Crippen LogP contribution is 2.27. The first-order chi connectivity index (χ1) is 9.83. The van der Waals surface area contributed by atoms with Crippen molar-refractivity contribution in [2.45, 2.75) is 45.7 Å². The third kappa shape index (κ3) is 5.02. The van der Waals surface area contributed by atoms with Gasteiger partial charge in [0.25, 0.3) is 0 Å². The summed E-state index contributed by atoms with van der Waals surface area (Å²) in [6, 6.07) is 0. The van der Waals surface area contributed by atoms with Crippen molar-refractivity contribution >= 4 is 5.65 Å². The highest BCUT2D eigenvalue weighted by atomic mass is 19.4. The Kier molecular flexibility index (Phi) is 4.85. The van der Waals surface area contributed by atoms with Crippen LogP contribution in [0.1, 0.15) is 38.8 Å². The van der Waals surface area contributed by atoms with E-state index < -0.39 is 12.6 Å². The SMILES string of the molecule is CC(CCC(F)(F)F)CC(C)Cc1cn2ccnc2cn1. The van der Waals surface area contributed by atoms with Gasteiger partial charge in [-0.3, -0.25) is 4.98 Å². The molecule has 0 spiro atoms. The van der Waals surface area contributed by atoms with Gasteiger partial charge in [0.15, 0.2) is 5.65 Å². The molecule has 0 aliphatic carbocycles. The minimum Gasteiger partial charge on any atom is -0.304 e. The molecule has 2 atom stereocenters. The predicted octanol–water partition coefficient (Wildman–Crippen LogP) is 4.28. The molecule has 6 heteroatoms. The Hall–Kier alpha value is -1.59. The van der Waals surface area contributed by atoms with Crippen LogP contribution < -0.4 is 0 Å². The highest BCUT2D eigenvalue weighted by Gasteiger charge is 2.27. The fourth-order valence-corrected chi connectivity index (χ4v) is 2.63. The maximum absolute atomic E-state index is 12.2. The van der Waals surface area contributed by atoms with Gasteiger partial charge < -0.3 is 4.40 Å². The van der Waals surface area contributed by atoms with Crippen LogP contribution in [-0.2, 0) is 6.42 Å². The van der Waals surface area contributed by atoms with E-state index in [9.17, 15) is 13.2 Å². The number of rotatable bonds is 6. The molecule has 2 aromatic heterocycles. The van der Waals surface area contributed by atoms with E-state index in [1.165, 1.54) is 0 Å². The maximum Gasteiger partial charge on any atom is 0.389 e. The predicted molar refractivity (Wildman–Crippen MR) is 74.9 cm³/mol. The van der Waals surface area contributed by atoms with Crippen molar-refractivity contribution in [3.8, 4) is 0 Å². The number of halogens is 3. The van der Waals surface area contributed by atoms with Crippen LogP contribution in [0, 0.1) is 11.8 Å². The van der Waals surface area contributed by atoms with E-state index in [0.717, 1.165) is 24.2 Å². The fraction of sp³-hybridized carbons (Fsp3) is 0.600. The van der Waals surface area contributed by atoms with Gasteiger partial charge in [0.05, 0.1) is 11.9 Å². The van der Waals surface area contributed by atoms with Crippen molar-refractivity contribution in [3.05, 3.63) is 30.5 Å². The minimum atomic E-state index is -4.05. The van der Waals surface area contributed by atoms with E-state index in [-0.39, 0.29) is 12.3 Å². The van der Waals surface area contributed by atoms with Gasteiger partial charge in [-0.25, -0.2) is 4.98 Å². The molecule has 0 radical (unpaired) electrons. The van der Waals surface area contributed by atoms with Gasteiger partial charge >= 0.3 is 6.18 Å². The summed E-state index contributed by atoms with van der Waals surface area (Å²) in [5.74, 6) is 0.375. The van der Waals surface area contributed by atoms with Crippen LogP contribution in [0.2, 0.25) is 0 Å². The quantitative estimate of drug-likeness (QED) is 0.797. The molecule has 2 aromatic rings. The molecule has 2 unspecified atom stereocenters. The first kappa shape index (κ1) is 15.8. The normalized spacial score (nSPS) is 15.3. The molecule has 0 aliphatic heterocycles. The third-order valence-electron chi connectivity index (χ3n) is 3.62. The van der Waals surface area contributed by atoms with Gasteiger partial charge in [-0.1, -0.05) is 13.8 Å². The number of hydrogen-bond acceptors (Lipinski definition) is 2. The van der Waals surface area contributed by atoms with Crippen LogP contribution in [0.3, 0.4) is 0 Å². The molecule has 2 rings (SSSR count). The summed E-state index contributed by atoms with van der Waals surface area (Å²) in [6.45, 7) is 3.94. The van der Waals surface area contributed by atoms with E-state index in [0.29, 0.717) is 5.92 Å². The first-order valence-corrected chi connectivity index (χ1v) is 7.18. The second-order valence-corrected chi connectivity index (χ2v) is 5.88. The van der Waals surface area contributed by atoms with E-state index in [2.05, 4.69) is 16.9 Å². The molecular weight excluding hydrogens is 279 g/mol. The molecule has 3 nitrogen and oxygen atoms in total. The molecule has 0 aromatic carbocycles. The number of fused-ring (bicyclic) bond motifs is 1. The average Bonchev–Trinajstić information content (AvgIpc) is 2.82. The zero-order valence-electron chi connectivity index (χ0n) is 12.3. The Morgan fingerprint density at radius 2 is 1.95 bits per heavy atom. The maximum atomic E-state index is 12.2. The topological polar surface area (TPSA) is 30.2 Å². The molecule has 0 amide bonds. The largest absolute Gasteiger partial charge is 0.389 e. The van der Waals surface area contributed by atoms with Crippen molar-refractivity contribution in [2.24, 2.45) is 11.8 Å². The number of hydrogen-bond donors (Lipinski definition) is 0. The Morgan fingerprint density at radius 3 is 2.67 bits per heavy atom. The molecule has 0 N–H and O–H groups in total. The molecule has 0 saturated heterocycles. The first-order valence-electron chi connectivity index (χ1n) is 7.18. The molecule has 2 heterocycles. The smallest absolute Gasteiger partial charge is 0.304 e. The number of alkyl halides is 3. The lowest BCUT2D eigenvalue weighted by Gasteiger charge is -2.17. The summed E-state index contributed by atoms with van der Waals surface area (Å²) in [5, 5.41) is 0. The zero-order chi connectivity index (χ0) is 15.5. The Bertz CT molecular complexity index is 577. The summed E-state index contributed by atoms with van der Waals surface area (Å²) < 4.78 is 38.5. The van der Waals surface area contributed by atoms with Crippen molar-refractivity contribution in [1.82, 2.24) is 14.4 Å². The summed E-state index contributed by atoms with van der Waals surface area (Å²) in [7, 11) is 0. The molecule has 116 valence electrons. The van der Waals surface area contributed by atoms with Crippen molar-refractivity contribution in [3.63, 3.8) is 0 Å². The van der Waals surface area contributed by atoms with Gasteiger partial charge in [0, 0.05) is 25.0 Å². The molecule has 0 aliphatic rings. The van der Waals surface area contributed by atoms with Gasteiger partial charge in [-0.05, 0) is 31.1 Å². The van der Waals surface area contributed by atoms with E-state index >= 15 is 0 Å². The zero-order valence-corrected chi connectivity index (χ0v) is 12.3. The summed E-state index contributed by atoms with van der Waals surface area (Å²) >= 11 is 0. The van der Waals surface area contributed by atoms with Crippen LogP contribution in [0.25, 0.3) is 5.65 Å². The Balaban J connectivity index is 1.84. The van der Waals surface area contributed by atoms with Crippen LogP contribution in [0.4, 0.5) is 13.2 Å². The van der Waals surface area contributed by atoms with Gasteiger partial charge in [-0.15, -0.1) is 0 Å². The van der Waals surface area contributed by atoms with Crippen molar-refractivity contribution < 1.29 is 13.2 Å². The van der Waals surface area contributed by atoms with Gasteiger partial charge in [0.1, 0.15) is 0 Å². The van der Waals surface area contributed by atoms with Crippen LogP contribution in [-0.4, -0.2) is 20.5 Å². The Labute approximate surface area is 122 Å². The van der Waals surface area contributed by atoms with E-state index in [4.69, 9.17) is 0 Å². The van der Waals surface area contributed by atoms with Gasteiger partial charge in [0.2, 0.25) is 0 Å². The summed E-state index contributed by atoms with van der Waals surface area (Å²) in [4.78, 5) is 8.48. The lowest BCUT2D eigenvalue weighted by molar-refractivity contribution is -0.137. The second-order valence-electron chi connectivity index (χ2n) is 5.88. The number of aromatic nitrogens is 3. The summed E-state index contributed by atoms with van der Waals surface area (Å²) in [5.41, 5.74) is 1.74. The van der Waals surface area contributed by atoms with Crippen LogP contribution >= 0.6 is 0 Å². The van der Waals surface area contributed by atoms with Crippen LogP contribution in [0.15, 0.2) is 24.8 Å². The monoisotopic (exact) mass is 299 g/mol. The molecule has 0 fully saturated rings. The Morgan fingerprint density at radius 1 is 1.19 bits per heavy atom. The molecule has 0 bridgehead atoms. The number of nitrogens with zero attached hydrogens (tertiary/aromatic N) is 3. The third-order valence-corrected chi connectivity index (χ3v) is 3.62. The van der Waals surface area contributed by atoms with E-state index in [1.807, 2.05) is 23.7 Å². The number of imidazole rings is 1. The standard InChI is InChI=1S/C15H20F3N3/c1-11(3-4-15(16,17)18)7-12(2)8-13-10-21-6-5-19-14(21)9-20-13/h5-6,9-12H,3-4,7-8H2,1-2H3. The lowest BCUT2D eigenvalue weighted by atomic mass is 9.91. The second kappa shape index (κ2) is 6.45. The molecule has 21 heavy (non-hydrogen) atoms. The lowest BCUT2D eigenvalue weighted by Crippen LogP contribution is -2.12. The van der Waals surface area contributed by atoms with Gasteiger partial charge in [-0.2, -0.15) is 13.2 Å².